The number of likely N-dealkylation sites (N-methyl/N-ethyl adjacent to an activating group) is 1. The molecule has 0 spiro atoms. The van der Waals surface area contributed by atoms with E-state index in [1.807, 2.05) is 31.4 Å². The maximum atomic E-state index is 6.20. The Morgan fingerprint density at radius 3 is 2.23 bits per heavy atom. The minimum atomic E-state index is -0.345. The maximum absolute atomic E-state index is 6.20. The zero-order valence-corrected chi connectivity index (χ0v) is 16.2. The molecule has 1 fully saturated rings. The van der Waals surface area contributed by atoms with Crippen LogP contribution in [0.3, 0.4) is 0 Å². The van der Waals surface area contributed by atoms with Crippen molar-refractivity contribution < 1.29 is 9.31 Å². The van der Waals surface area contributed by atoms with Crippen molar-refractivity contribution in [2.75, 3.05) is 13.6 Å². The van der Waals surface area contributed by atoms with Gasteiger partial charge >= 0.3 is 7.12 Å². The molecular formula is C21H27BN2O2. The van der Waals surface area contributed by atoms with Gasteiger partial charge in [-0.1, -0.05) is 36.4 Å². The molecule has 26 heavy (non-hydrogen) atoms. The summed E-state index contributed by atoms with van der Waals surface area (Å²) in [5, 5.41) is 3.22. The van der Waals surface area contributed by atoms with Crippen LogP contribution in [0, 0.1) is 0 Å². The predicted octanol–water partition coefficient (Wildman–Crippen LogP) is 3.98. The van der Waals surface area contributed by atoms with E-state index in [-0.39, 0.29) is 18.3 Å². The van der Waals surface area contributed by atoms with Crippen LogP contribution in [0.25, 0.3) is 17.3 Å². The van der Waals surface area contributed by atoms with Crippen LogP contribution in [0.4, 0.5) is 0 Å². The highest BCUT2D eigenvalue weighted by Crippen LogP contribution is 2.38. The summed E-state index contributed by atoms with van der Waals surface area (Å²) in [4.78, 5) is 4.40. The summed E-state index contributed by atoms with van der Waals surface area (Å²) in [5.41, 5.74) is 3.60. The van der Waals surface area contributed by atoms with Gasteiger partial charge in [0.25, 0.3) is 0 Å². The molecular weight excluding hydrogens is 323 g/mol. The Labute approximate surface area is 156 Å². The van der Waals surface area contributed by atoms with Gasteiger partial charge in [-0.25, -0.2) is 0 Å². The van der Waals surface area contributed by atoms with E-state index >= 15 is 0 Å². The molecule has 1 saturated heterocycles. The van der Waals surface area contributed by atoms with Gasteiger partial charge in [-0.3, -0.25) is 4.98 Å². The molecule has 0 aliphatic carbocycles. The standard InChI is InChI=1S/C21H27BN2O2/c1-20(2)21(3,4)26-22(25-20)18(15-23-5)14-16-9-11-17(12-10-16)19-8-6-7-13-24-19/h6-14,23H,15H2,1-5H3. The SMILES string of the molecule is CNCC(=Cc1ccc(-c2ccccn2)cc1)B1OC(C)(C)C(C)(C)O1. The summed E-state index contributed by atoms with van der Waals surface area (Å²) in [6.07, 6.45) is 3.95. The first-order valence-corrected chi connectivity index (χ1v) is 9.04. The molecule has 2 heterocycles. The second-order valence-corrected chi connectivity index (χ2v) is 7.67. The van der Waals surface area contributed by atoms with Gasteiger partial charge in [0.15, 0.2) is 0 Å². The monoisotopic (exact) mass is 350 g/mol. The zero-order valence-electron chi connectivity index (χ0n) is 16.2. The lowest BCUT2D eigenvalue weighted by molar-refractivity contribution is 0.00578. The molecule has 0 saturated carbocycles. The third kappa shape index (κ3) is 3.90. The summed E-state index contributed by atoms with van der Waals surface area (Å²) in [5.74, 6) is 0. The van der Waals surface area contributed by atoms with E-state index in [0.717, 1.165) is 22.3 Å². The third-order valence-corrected chi connectivity index (χ3v) is 5.16. The van der Waals surface area contributed by atoms with E-state index < -0.39 is 0 Å². The number of hydrogen-bond donors (Lipinski definition) is 1. The van der Waals surface area contributed by atoms with Crippen molar-refractivity contribution >= 4 is 13.2 Å². The van der Waals surface area contributed by atoms with Crippen LogP contribution in [-0.2, 0) is 9.31 Å². The average molecular weight is 350 g/mol. The van der Waals surface area contributed by atoms with Gasteiger partial charge in [0.2, 0.25) is 0 Å². The fraction of sp³-hybridized carbons (Fsp3) is 0.381. The van der Waals surface area contributed by atoms with Crippen LogP contribution in [0.15, 0.2) is 54.1 Å². The van der Waals surface area contributed by atoms with E-state index in [1.54, 1.807) is 0 Å². The van der Waals surface area contributed by atoms with Crippen molar-refractivity contribution in [2.24, 2.45) is 0 Å². The first kappa shape index (κ1) is 18.8. The second kappa shape index (κ2) is 7.35. The zero-order chi connectivity index (χ0) is 18.8. The summed E-state index contributed by atoms with van der Waals surface area (Å²) in [6.45, 7) is 9.01. The molecule has 5 heteroatoms. The summed E-state index contributed by atoms with van der Waals surface area (Å²) in [6, 6.07) is 14.3. The minimum Gasteiger partial charge on any atom is -0.400 e. The van der Waals surface area contributed by atoms with Gasteiger partial charge in [0.1, 0.15) is 0 Å². The highest BCUT2D eigenvalue weighted by molar-refractivity contribution is 6.55. The normalized spacial score (nSPS) is 19.0. The molecule has 3 rings (SSSR count). The Morgan fingerprint density at radius 1 is 1.04 bits per heavy atom. The van der Waals surface area contributed by atoms with Crippen molar-refractivity contribution in [3.63, 3.8) is 0 Å². The Hall–Kier alpha value is -1.95. The van der Waals surface area contributed by atoms with Crippen LogP contribution >= 0.6 is 0 Å². The second-order valence-electron chi connectivity index (χ2n) is 7.67. The highest BCUT2D eigenvalue weighted by Gasteiger charge is 2.52. The smallest absolute Gasteiger partial charge is 0.400 e. The molecule has 0 amide bonds. The number of benzene rings is 1. The highest BCUT2D eigenvalue weighted by atomic mass is 16.7. The number of nitrogens with zero attached hydrogens (tertiary/aromatic N) is 1. The summed E-state index contributed by atoms with van der Waals surface area (Å²) in [7, 11) is 1.59. The van der Waals surface area contributed by atoms with Gasteiger partial charge < -0.3 is 14.6 Å². The van der Waals surface area contributed by atoms with Crippen molar-refractivity contribution in [3.8, 4) is 11.3 Å². The minimum absolute atomic E-state index is 0.340. The summed E-state index contributed by atoms with van der Waals surface area (Å²) >= 11 is 0. The third-order valence-electron chi connectivity index (χ3n) is 5.16. The van der Waals surface area contributed by atoms with Crippen molar-refractivity contribution in [1.82, 2.24) is 10.3 Å². The molecule has 4 nitrogen and oxygen atoms in total. The lowest BCUT2D eigenvalue weighted by Crippen LogP contribution is -2.41. The van der Waals surface area contributed by atoms with Crippen LogP contribution < -0.4 is 5.32 Å². The van der Waals surface area contributed by atoms with E-state index in [0.29, 0.717) is 6.54 Å². The predicted molar refractivity (Wildman–Crippen MR) is 108 cm³/mol. The molecule has 2 aromatic rings. The first-order chi connectivity index (χ1) is 12.3. The van der Waals surface area contributed by atoms with Crippen LogP contribution in [-0.4, -0.2) is 36.9 Å². The fourth-order valence-electron chi connectivity index (χ4n) is 2.90. The maximum Gasteiger partial charge on any atom is 0.491 e. The van der Waals surface area contributed by atoms with Gasteiger partial charge in [0.05, 0.1) is 16.9 Å². The van der Waals surface area contributed by atoms with Gasteiger partial charge in [-0.15, -0.1) is 0 Å². The van der Waals surface area contributed by atoms with Crippen LogP contribution in [0.2, 0.25) is 0 Å². The molecule has 1 N–H and O–H groups in total. The van der Waals surface area contributed by atoms with E-state index in [4.69, 9.17) is 9.31 Å². The van der Waals surface area contributed by atoms with Gasteiger partial charge in [0, 0.05) is 18.3 Å². The van der Waals surface area contributed by atoms with Crippen LogP contribution in [0.1, 0.15) is 33.3 Å². The number of rotatable bonds is 5. The lowest BCUT2D eigenvalue weighted by atomic mass is 9.77. The number of pyridine rings is 1. The summed E-state index contributed by atoms with van der Waals surface area (Å²) < 4.78 is 12.4. The van der Waals surface area contributed by atoms with E-state index in [9.17, 15) is 0 Å². The Balaban J connectivity index is 1.84. The molecule has 1 aliphatic heterocycles. The quantitative estimate of drug-likeness (QED) is 0.829. The van der Waals surface area contributed by atoms with E-state index in [2.05, 4.69) is 68.3 Å². The number of hydrogen-bond acceptors (Lipinski definition) is 4. The number of nitrogens with one attached hydrogen (secondary N) is 1. The molecule has 0 radical (unpaired) electrons. The Bertz CT molecular complexity index is 754. The van der Waals surface area contributed by atoms with Crippen molar-refractivity contribution in [3.05, 3.63) is 59.7 Å². The lowest BCUT2D eigenvalue weighted by Gasteiger charge is -2.32. The molecule has 136 valence electrons. The molecule has 0 atom stereocenters. The average Bonchev–Trinajstić information content (AvgIpc) is 2.84. The molecule has 1 aromatic heterocycles. The largest absolute Gasteiger partial charge is 0.491 e. The molecule has 0 bridgehead atoms. The Morgan fingerprint density at radius 2 is 1.69 bits per heavy atom. The molecule has 1 aliphatic rings. The topological polar surface area (TPSA) is 43.4 Å². The number of aromatic nitrogens is 1. The van der Waals surface area contributed by atoms with Crippen LogP contribution in [0.5, 0.6) is 0 Å². The van der Waals surface area contributed by atoms with Crippen molar-refractivity contribution in [2.45, 2.75) is 38.9 Å². The Kier molecular flexibility index (Phi) is 5.33. The van der Waals surface area contributed by atoms with Gasteiger partial charge in [-0.05, 0) is 57.9 Å². The molecule has 0 unspecified atom stereocenters. The van der Waals surface area contributed by atoms with E-state index in [1.165, 1.54) is 0 Å². The fourth-order valence-corrected chi connectivity index (χ4v) is 2.90. The first-order valence-electron chi connectivity index (χ1n) is 9.04. The molecule has 1 aromatic carbocycles. The van der Waals surface area contributed by atoms with Gasteiger partial charge in [-0.2, -0.15) is 0 Å². The van der Waals surface area contributed by atoms with Crippen molar-refractivity contribution in [1.29, 1.82) is 0 Å².